The average molecular weight is 357 g/mol. The van der Waals surface area contributed by atoms with E-state index in [0.29, 0.717) is 18.1 Å². The molecule has 20 heavy (non-hydrogen) atoms. The summed E-state index contributed by atoms with van der Waals surface area (Å²) < 4.78 is 6.62. The Morgan fingerprint density at radius 3 is 2.85 bits per heavy atom. The van der Waals surface area contributed by atoms with Gasteiger partial charge in [0.1, 0.15) is 12.4 Å². The molecule has 0 aliphatic heterocycles. The number of nitrogens with zero attached hydrogens (tertiary/aromatic N) is 1. The molecule has 1 aromatic heterocycles. The van der Waals surface area contributed by atoms with Gasteiger partial charge >= 0.3 is 0 Å². The molecule has 1 heterocycles. The fourth-order valence-electron chi connectivity index (χ4n) is 1.70. The summed E-state index contributed by atoms with van der Waals surface area (Å²) in [7, 11) is 0. The first kappa shape index (κ1) is 15.3. The minimum Gasteiger partial charge on any atom is -0.492 e. The van der Waals surface area contributed by atoms with Crippen LogP contribution in [0.4, 0.5) is 0 Å². The number of hydrogen-bond acceptors (Lipinski definition) is 4. The van der Waals surface area contributed by atoms with Crippen molar-refractivity contribution in [1.82, 2.24) is 10.4 Å². The molecule has 2 aromatic rings. The van der Waals surface area contributed by atoms with E-state index < -0.39 is 0 Å². The summed E-state index contributed by atoms with van der Waals surface area (Å²) in [5.74, 6) is 6.28. The largest absolute Gasteiger partial charge is 0.492 e. The van der Waals surface area contributed by atoms with E-state index in [0.717, 1.165) is 15.9 Å². The third kappa shape index (κ3) is 4.76. The van der Waals surface area contributed by atoms with Crippen LogP contribution in [0.25, 0.3) is 0 Å². The van der Waals surface area contributed by atoms with Gasteiger partial charge in [0.05, 0.1) is 6.04 Å². The zero-order valence-electron chi connectivity index (χ0n) is 10.7. The van der Waals surface area contributed by atoms with Crippen LogP contribution in [-0.2, 0) is 6.42 Å². The van der Waals surface area contributed by atoms with E-state index in [1.165, 1.54) is 0 Å². The molecule has 0 saturated heterocycles. The van der Waals surface area contributed by atoms with Crippen molar-refractivity contribution < 1.29 is 4.74 Å². The number of rotatable bonds is 6. The Kier molecular flexibility index (Phi) is 5.79. The summed E-state index contributed by atoms with van der Waals surface area (Å²) in [6.07, 6.45) is 2.45. The number of aromatic nitrogens is 1. The molecule has 6 heteroatoms. The number of benzene rings is 1. The van der Waals surface area contributed by atoms with Gasteiger partial charge < -0.3 is 4.74 Å². The van der Waals surface area contributed by atoms with Gasteiger partial charge in [0.15, 0.2) is 0 Å². The van der Waals surface area contributed by atoms with Crippen molar-refractivity contribution in [2.45, 2.75) is 12.5 Å². The first-order valence-corrected chi connectivity index (χ1v) is 7.29. The highest BCUT2D eigenvalue weighted by atomic mass is 79.9. The Hall–Kier alpha value is -1.14. The Balaban J connectivity index is 1.90. The molecule has 2 rings (SSSR count). The first-order valence-electron chi connectivity index (χ1n) is 6.12. The summed E-state index contributed by atoms with van der Waals surface area (Å²) in [5.41, 5.74) is 3.69. The molecule has 0 saturated carbocycles. The minimum absolute atomic E-state index is 0.0253. The first-order chi connectivity index (χ1) is 9.67. The minimum atomic E-state index is -0.0253. The van der Waals surface area contributed by atoms with Crippen molar-refractivity contribution >= 4 is 27.5 Å². The number of nitrogens with two attached hydrogens (primary N) is 1. The van der Waals surface area contributed by atoms with E-state index in [4.69, 9.17) is 22.2 Å². The van der Waals surface area contributed by atoms with Gasteiger partial charge in [-0.05, 0) is 46.3 Å². The number of nitrogens with one attached hydrogen (secondary N) is 1. The number of ether oxygens (including phenoxy) is 1. The molecule has 3 N–H and O–H groups in total. The third-order valence-corrected chi connectivity index (χ3v) is 3.43. The molecule has 0 amide bonds. The van der Waals surface area contributed by atoms with Crippen LogP contribution >= 0.6 is 27.5 Å². The lowest BCUT2D eigenvalue weighted by molar-refractivity contribution is 0.263. The van der Waals surface area contributed by atoms with Crippen LogP contribution in [0, 0.1) is 0 Å². The Bertz CT molecular complexity index is 550. The van der Waals surface area contributed by atoms with Gasteiger partial charge in [0.25, 0.3) is 0 Å². The second-order valence-corrected chi connectivity index (χ2v) is 5.66. The van der Waals surface area contributed by atoms with Crippen LogP contribution in [0.3, 0.4) is 0 Å². The highest BCUT2D eigenvalue weighted by molar-refractivity contribution is 9.10. The quantitative estimate of drug-likeness (QED) is 0.617. The van der Waals surface area contributed by atoms with Crippen molar-refractivity contribution in [3.63, 3.8) is 0 Å². The molecule has 0 aliphatic carbocycles. The molecule has 1 atom stereocenters. The van der Waals surface area contributed by atoms with Crippen molar-refractivity contribution in [1.29, 1.82) is 0 Å². The van der Waals surface area contributed by atoms with Gasteiger partial charge in [0, 0.05) is 27.8 Å². The summed E-state index contributed by atoms with van der Waals surface area (Å²) in [6.45, 7) is 0.439. The molecule has 0 bridgehead atoms. The van der Waals surface area contributed by atoms with Gasteiger partial charge in [-0.1, -0.05) is 17.7 Å². The SMILES string of the molecule is NNC(COc1cccc(Cl)c1)Cc1ccc(Br)cn1. The second kappa shape index (κ2) is 7.59. The molecule has 0 aliphatic rings. The van der Waals surface area contributed by atoms with Crippen molar-refractivity contribution in [3.05, 3.63) is 57.8 Å². The van der Waals surface area contributed by atoms with Crippen LogP contribution in [0.15, 0.2) is 47.1 Å². The van der Waals surface area contributed by atoms with E-state index in [-0.39, 0.29) is 6.04 Å². The van der Waals surface area contributed by atoms with E-state index in [1.54, 1.807) is 18.3 Å². The lowest BCUT2D eigenvalue weighted by Gasteiger charge is -2.16. The fraction of sp³-hybridized carbons (Fsp3) is 0.214. The monoisotopic (exact) mass is 355 g/mol. The maximum absolute atomic E-state index is 5.90. The Labute approximate surface area is 131 Å². The smallest absolute Gasteiger partial charge is 0.120 e. The standard InChI is InChI=1S/C14H15BrClN3O/c15-10-4-5-12(18-8-10)7-13(19-17)9-20-14-3-1-2-11(16)6-14/h1-6,8,13,19H,7,9,17H2. The predicted octanol–water partition coefficient (Wildman–Crippen LogP) is 2.95. The lowest BCUT2D eigenvalue weighted by atomic mass is 10.1. The van der Waals surface area contributed by atoms with Crippen molar-refractivity contribution in [3.8, 4) is 5.75 Å². The molecule has 4 nitrogen and oxygen atoms in total. The van der Waals surface area contributed by atoms with Crippen molar-refractivity contribution in [2.75, 3.05) is 6.61 Å². The van der Waals surface area contributed by atoms with Gasteiger partial charge in [-0.25, -0.2) is 0 Å². The molecule has 0 radical (unpaired) electrons. The van der Waals surface area contributed by atoms with Crippen LogP contribution in [0.5, 0.6) is 5.75 Å². The van der Waals surface area contributed by atoms with E-state index in [1.807, 2.05) is 24.3 Å². The van der Waals surface area contributed by atoms with E-state index in [2.05, 4.69) is 26.3 Å². The maximum atomic E-state index is 5.90. The van der Waals surface area contributed by atoms with Crippen LogP contribution in [0.1, 0.15) is 5.69 Å². The van der Waals surface area contributed by atoms with Crippen LogP contribution in [0.2, 0.25) is 5.02 Å². The molecule has 1 unspecified atom stereocenters. The van der Waals surface area contributed by atoms with Gasteiger partial charge in [0.2, 0.25) is 0 Å². The van der Waals surface area contributed by atoms with Crippen LogP contribution in [-0.4, -0.2) is 17.6 Å². The van der Waals surface area contributed by atoms with Crippen LogP contribution < -0.4 is 16.0 Å². The molecule has 1 aromatic carbocycles. The normalized spacial score (nSPS) is 12.2. The fourth-order valence-corrected chi connectivity index (χ4v) is 2.11. The van der Waals surface area contributed by atoms with Gasteiger partial charge in [-0.3, -0.25) is 16.3 Å². The molecule has 0 spiro atoms. The molecule has 0 fully saturated rings. The Morgan fingerprint density at radius 2 is 2.20 bits per heavy atom. The molecule has 106 valence electrons. The zero-order valence-corrected chi connectivity index (χ0v) is 13.1. The lowest BCUT2D eigenvalue weighted by Crippen LogP contribution is -2.41. The zero-order chi connectivity index (χ0) is 14.4. The predicted molar refractivity (Wildman–Crippen MR) is 83.7 cm³/mol. The Morgan fingerprint density at radius 1 is 1.35 bits per heavy atom. The summed E-state index contributed by atoms with van der Waals surface area (Å²) in [4.78, 5) is 4.32. The van der Waals surface area contributed by atoms with Crippen molar-refractivity contribution in [2.24, 2.45) is 5.84 Å². The van der Waals surface area contributed by atoms with E-state index >= 15 is 0 Å². The summed E-state index contributed by atoms with van der Waals surface area (Å²) in [6, 6.07) is 11.2. The highest BCUT2D eigenvalue weighted by Gasteiger charge is 2.10. The maximum Gasteiger partial charge on any atom is 0.120 e. The highest BCUT2D eigenvalue weighted by Crippen LogP contribution is 2.17. The summed E-state index contributed by atoms with van der Waals surface area (Å²) in [5, 5.41) is 0.648. The number of hydrazine groups is 1. The third-order valence-electron chi connectivity index (χ3n) is 2.73. The van der Waals surface area contributed by atoms with Gasteiger partial charge in [-0.15, -0.1) is 0 Å². The number of halogens is 2. The molecular weight excluding hydrogens is 342 g/mol. The second-order valence-electron chi connectivity index (χ2n) is 4.30. The van der Waals surface area contributed by atoms with E-state index in [9.17, 15) is 0 Å². The molecular formula is C14H15BrClN3O. The number of hydrogen-bond donors (Lipinski definition) is 2. The van der Waals surface area contributed by atoms with Gasteiger partial charge in [-0.2, -0.15) is 0 Å². The average Bonchev–Trinajstić information content (AvgIpc) is 2.45. The topological polar surface area (TPSA) is 60.2 Å². The number of pyridine rings is 1. The summed E-state index contributed by atoms with van der Waals surface area (Å²) >= 11 is 9.26.